The number of hydrogen-bond acceptors (Lipinski definition) is 6. The van der Waals surface area contributed by atoms with E-state index in [1.807, 2.05) is 37.5 Å². The van der Waals surface area contributed by atoms with E-state index < -0.39 is 0 Å². The molecule has 5 rings (SSSR count). The fourth-order valence-electron chi connectivity index (χ4n) is 4.42. The standard InChI is InChI=1S/C25H24ClFN6O/c1-28-25(34)23-14-33(10-9-32(23)2)16-12-22-21(30-13-16)6-5-20(31-22)17-7-8-29-24(17)18-11-15(26)3-4-19(18)27/h3-7,11-13,23H,8-10,14H2,1-2H3,(H,28,34)/t23-/m1/s1. The Morgan fingerprint density at radius 1 is 1.18 bits per heavy atom. The highest BCUT2D eigenvalue weighted by Crippen LogP contribution is 2.29. The fraction of sp³-hybridized carbons (Fsp3) is 0.280. The number of benzene rings is 1. The third-order valence-electron chi connectivity index (χ3n) is 6.34. The summed E-state index contributed by atoms with van der Waals surface area (Å²) in [4.78, 5) is 30.4. The van der Waals surface area contributed by atoms with Crippen LogP contribution in [0.2, 0.25) is 5.02 Å². The van der Waals surface area contributed by atoms with Crippen LogP contribution < -0.4 is 10.2 Å². The van der Waals surface area contributed by atoms with E-state index in [1.165, 1.54) is 12.1 Å². The molecule has 4 heterocycles. The summed E-state index contributed by atoms with van der Waals surface area (Å²) in [6.07, 6.45) is 3.76. The summed E-state index contributed by atoms with van der Waals surface area (Å²) >= 11 is 6.11. The maximum atomic E-state index is 14.5. The van der Waals surface area contributed by atoms with Gasteiger partial charge in [0.05, 0.1) is 40.9 Å². The minimum Gasteiger partial charge on any atom is -0.367 e. The number of hydrogen-bond donors (Lipinski definition) is 1. The molecule has 9 heteroatoms. The van der Waals surface area contributed by atoms with E-state index >= 15 is 0 Å². The van der Waals surface area contributed by atoms with Crippen molar-refractivity contribution in [2.45, 2.75) is 6.04 Å². The molecule has 0 radical (unpaired) electrons. The van der Waals surface area contributed by atoms with Gasteiger partial charge in [-0.2, -0.15) is 0 Å². The Bertz CT molecular complexity index is 1340. The number of nitrogens with zero attached hydrogens (tertiary/aromatic N) is 5. The number of carbonyl (C=O) groups is 1. The molecule has 1 fully saturated rings. The summed E-state index contributed by atoms with van der Waals surface area (Å²) in [7, 11) is 3.61. The number of nitrogens with one attached hydrogen (secondary N) is 1. The molecule has 2 aliphatic heterocycles. The number of anilines is 1. The minimum atomic E-state index is -0.374. The number of amides is 1. The van der Waals surface area contributed by atoms with Gasteiger partial charge in [0.25, 0.3) is 0 Å². The predicted molar refractivity (Wildman–Crippen MR) is 133 cm³/mol. The SMILES string of the molecule is CNC(=O)[C@H]1CN(c2cnc3ccc(C4=CCN=C4c4cc(Cl)ccc4F)nc3c2)CCN1C. The van der Waals surface area contributed by atoms with Crippen LogP contribution in [0.3, 0.4) is 0 Å². The minimum absolute atomic E-state index is 0.00501. The molecule has 2 aromatic heterocycles. The molecule has 0 spiro atoms. The van der Waals surface area contributed by atoms with E-state index in [0.717, 1.165) is 35.4 Å². The average Bonchev–Trinajstić information content (AvgIpc) is 3.34. The Morgan fingerprint density at radius 3 is 2.85 bits per heavy atom. The lowest BCUT2D eigenvalue weighted by Gasteiger charge is -2.39. The molecule has 0 saturated carbocycles. The van der Waals surface area contributed by atoms with Gasteiger partial charge < -0.3 is 10.2 Å². The number of pyridine rings is 2. The number of carbonyl (C=O) groups excluding carboxylic acids is 1. The van der Waals surface area contributed by atoms with Crippen LogP contribution in [-0.4, -0.2) is 72.8 Å². The smallest absolute Gasteiger partial charge is 0.238 e. The van der Waals surface area contributed by atoms with E-state index in [9.17, 15) is 9.18 Å². The zero-order valence-corrected chi connectivity index (χ0v) is 19.7. The zero-order chi connectivity index (χ0) is 23.8. The Balaban J connectivity index is 1.46. The lowest BCUT2D eigenvalue weighted by atomic mass is 9.99. The quantitative estimate of drug-likeness (QED) is 0.623. The lowest BCUT2D eigenvalue weighted by Crippen LogP contribution is -2.57. The molecule has 1 atom stereocenters. The van der Waals surface area contributed by atoms with Gasteiger partial charge in [-0.25, -0.2) is 9.37 Å². The van der Waals surface area contributed by atoms with E-state index in [2.05, 4.69) is 25.1 Å². The summed E-state index contributed by atoms with van der Waals surface area (Å²) in [6, 6.07) is 10.0. The average molecular weight is 479 g/mol. The first kappa shape index (κ1) is 22.4. The number of allylic oxidation sites excluding steroid dienone is 1. The number of likely N-dealkylation sites (N-methyl/N-ethyl adjacent to an activating group) is 2. The Morgan fingerprint density at radius 2 is 2.03 bits per heavy atom. The second-order valence-corrected chi connectivity index (χ2v) is 8.85. The molecule has 1 N–H and O–H groups in total. The number of rotatable bonds is 4. The van der Waals surface area contributed by atoms with Crippen molar-refractivity contribution in [2.75, 3.05) is 45.2 Å². The van der Waals surface area contributed by atoms with Crippen LogP contribution in [0.4, 0.5) is 10.1 Å². The molecule has 1 aromatic carbocycles. The number of aromatic nitrogens is 2. The monoisotopic (exact) mass is 478 g/mol. The van der Waals surface area contributed by atoms with Crippen molar-refractivity contribution in [3.8, 4) is 0 Å². The summed E-state index contributed by atoms with van der Waals surface area (Å²) in [5.74, 6) is -0.379. The molecule has 7 nitrogen and oxygen atoms in total. The van der Waals surface area contributed by atoms with Gasteiger partial charge in [-0.05, 0) is 43.4 Å². The van der Waals surface area contributed by atoms with Gasteiger partial charge in [-0.1, -0.05) is 17.7 Å². The van der Waals surface area contributed by atoms with E-state index in [4.69, 9.17) is 16.6 Å². The Labute approximate surface area is 202 Å². The van der Waals surface area contributed by atoms with Crippen molar-refractivity contribution in [3.05, 3.63) is 70.8 Å². The van der Waals surface area contributed by atoms with Crippen molar-refractivity contribution in [3.63, 3.8) is 0 Å². The van der Waals surface area contributed by atoms with Gasteiger partial charge in [0.1, 0.15) is 11.9 Å². The molecule has 34 heavy (non-hydrogen) atoms. The highest BCUT2D eigenvalue weighted by molar-refractivity contribution is 6.35. The molecular formula is C25H24ClFN6O. The summed E-state index contributed by atoms with van der Waals surface area (Å²) in [5, 5.41) is 3.19. The van der Waals surface area contributed by atoms with Gasteiger partial charge in [0.15, 0.2) is 0 Å². The second kappa shape index (κ2) is 9.12. The van der Waals surface area contributed by atoms with Crippen LogP contribution in [-0.2, 0) is 4.79 Å². The highest BCUT2D eigenvalue weighted by Gasteiger charge is 2.30. The molecule has 0 bridgehead atoms. The molecule has 1 saturated heterocycles. The highest BCUT2D eigenvalue weighted by atomic mass is 35.5. The third-order valence-corrected chi connectivity index (χ3v) is 6.58. The summed E-state index contributed by atoms with van der Waals surface area (Å²) in [6.45, 7) is 2.57. The van der Waals surface area contributed by atoms with Crippen LogP contribution >= 0.6 is 11.6 Å². The zero-order valence-electron chi connectivity index (χ0n) is 18.9. The maximum Gasteiger partial charge on any atom is 0.238 e. The van der Waals surface area contributed by atoms with Crippen LogP contribution in [0.5, 0.6) is 0 Å². The summed E-state index contributed by atoms with van der Waals surface area (Å²) < 4.78 is 14.5. The van der Waals surface area contributed by atoms with Crippen molar-refractivity contribution < 1.29 is 9.18 Å². The predicted octanol–water partition coefficient (Wildman–Crippen LogP) is 3.18. The van der Waals surface area contributed by atoms with E-state index in [0.29, 0.717) is 35.1 Å². The van der Waals surface area contributed by atoms with Crippen molar-refractivity contribution in [2.24, 2.45) is 4.99 Å². The topological polar surface area (TPSA) is 73.7 Å². The molecule has 0 aliphatic carbocycles. The molecule has 2 aliphatic rings. The van der Waals surface area contributed by atoms with Crippen molar-refractivity contribution in [1.29, 1.82) is 0 Å². The Kier molecular flexibility index (Phi) is 6.02. The maximum absolute atomic E-state index is 14.5. The first-order valence-electron chi connectivity index (χ1n) is 11.1. The van der Waals surface area contributed by atoms with Gasteiger partial charge in [0.2, 0.25) is 5.91 Å². The van der Waals surface area contributed by atoms with Crippen molar-refractivity contribution in [1.82, 2.24) is 20.2 Å². The third kappa shape index (κ3) is 4.15. The van der Waals surface area contributed by atoms with Gasteiger partial charge in [0, 0.05) is 42.8 Å². The van der Waals surface area contributed by atoms with Gasteiger partial charge in [-0.15, -0.1) is 0 Å². The van der Waals surface area contributed by atoms with E-state index in [1.54, 1.807) is 13.1 Å². The summed E-state index contributed by atoms with van der Waals surface area (Å²) in [5.41, 5.74) is 4.77. The van der Waals surface area contributed by atoms with Crippen LogP contribution in [0.1, 0.15) is 11.3 Å². The van der Waals surface area contributed by atoms with Gasteiger partial charge in [-0.3, -0.25) is 19.7 Å². The number of halogens is 2. The van der Waals surface area contributed by atoms with Crippen LogP contribution in [0.15, 0.2) is 53.7 Å². The number of aliphatic imine (C=N–C) groups is 1. The largest absolute Gasteiger partial charge is 0.367 e. The molecule has 3 aromatic rings. The molecular weight excluding hydrogens is 455 g/mol. The molecule has 0 unspecified atom stereocenters. The van der Waals surface area contributed by atoms with Gasteiger partial charge >= 0.3 is 0 Å². The Hall–Kier alpha value is -3.36. The number of fused-ring (bicyclic) bond motifs is 1. The first-order chi connectivity index (χ1) is 16.4. The van der Waals surface area contributed by atoms with E-state index in [-0.39, 0.29) is 17.8 Å². The number of piperazine rings is 1. The van der Waals surface area contributed by atoms with Crippen LogP contribution in [0, 0.1) is 5.82 Å². The van der Waals surface area contributed by atoms with Crippen LogP contribution in [0.25, 0.3) is 16.6 Å². The molecule has 1 amide bonds. The lowest BCUT2D eigenvalue weighted by molar-refractivity contribution is -0.125. The normalized spacial score (nSPS) is 18.7. The molecule has 174 valence electrons. The second-order valence-electron chi connectivity index (χ2n) is 8.42. The van der Waals surface area contributed by atoms with Crippen molar-refractivity contribution >= 4 is 45.5 Å². The fourth-order valence-corrected chi connectivity index (χ4v) is 4.59. The first-order valence-corrected chi connectivity index (χ1v) is 11.5.